The highest BCUT2D eigenvalue weighted by Crippen LogP contribution is 2.30. The molecule has 1 aliphatic rings. The molecule has 1 aliphatic heterocycles. The number of ether oxygens (including phenoxy) is 1. The highest BCUT2D eigenvalue weighted by atomic mass is 19.4. The summed E-state index contributed by atoms with van der Waals surface area (Å²) in [7, 11) is 0. The third-order valence-corrected chi connectivity index (χ3v) is 6.35. The number of benzene rings is 2. The molecule has 0 spiro atoms. The number of amides is 1. The lowest BCUT2D eigenvalue weighted by molar-refractivity contribution is -0.137. The number of nitrogens with zero attached hydrogens (tertiary/aromatic N) is 2. The Balaban J connectivity index is 1.11. The van der Waals surface area contributed by atoms with E-state index in [2.05, 4.69) is 15.2 Å². The number of aromatic nitrogens is 1. The lowest BCUT2D eigenvalue weighted by Crippen LogP contribution is -2.37. The van der Waals surface area contributed by atoms with Gasteiger partial charge < -0.3 is 15.0 Å². The maximum Gasteiger partial charge on any atom is 0.416 e. The molecule has 1 fully saturated rings. The van der Waals surface area contributed by atoms with Crippen molar-refractivity contribution in [2.24, 2.45) is 0 Å². The zero-order chi connectivity index (χ0) is 24.7. The van der Waals surface area contributed by atoms with Crippen LogP contribution in [0.2, 0.25) is 0 Å². The Kier molecular flexibility index (Phi) is 8.36. The van der Waals surface area contributed by atoms with E-state index >= 15 is 0 Å². The van der Waals surface area contributed by atoms with Crippen molar-refractivity contribution in [3.05, 3.63) is 77.5 Å². The molecule has 1 amide bonds. The van der Waals surface area contributed by atoms with Crippen LogP contribution in [-0.2, 0) is 17.5 Å². The van der Waals surface area contributed by atoms with E-state index in [1.54, 1.807) is 18.3 Å². The van der Waals surface area contributed by atoms with Crippen molar-refractivity contribution in [2.75, 3.05) is 26.2 Å². The quantitative estimate of drug-likeness (QED) is 0.410. The minimum atomic E-state index is -4.34. The van der Waals surface area contributed by atoms with Crippen LogP contribution >= 0.6 is 0 Å². The lowest BCUT2D eigenvalue weighted by Gasteiger charge is -2.32. The molecule has 0 bridgehead atoms. The summed E-state index contributed by atoms with van der Waals surface area (Å²) in [5, 5.41) is 3.86. The number of alkyl halides is 3. The van der Waals surface area contributed by atoms with E-state index in [-0.39, 0.29) is 18.6 Å². The van der Waals surface area contributed by atoms with Crippen LogP contribution < -0.4 is 5.32 Å². The Hall–Kier alpha value is -2.97. The Morgan fingerprint density at radius 1 is 1.06 bits per heavy atom. The van der Waals surface area contributed by atoms with E-state index in [1.165, 1.54) is 6.07 Å². The third kappa shape index (κ3) is 7.02. The molecule has 1 saturated heterocycles. The molecule has 8 heteroatoms. The molecular formula is C27H30F3N3O2. The first kappa shape index (κ1) is 25.1. The number of fused-ring (bicyclic) bond motifs is 1. The fraction of sp³-hybridized carbons (Fsp3) is 0.407. The predicted octanol–water partition coefficient (Wildman–Crippen LogP) is 5.44. The Morgan fingerprint density at radius 3 is 2.66 bits per heavy atom. The zero-order valence-corrected chi connectivity index (χ0v) is 19.6. The number of nitrogens with one attached hydrogen (secondary N) is 1. The van der Waals surface area contributed by atoms with Crippen molar-refractivity contribution in [2.45, 2.75) is 44.6 Å². The first-order valence-electron chi connectivity index (χ1n) is 12.0. The molecule has 0 aliphatic carbocycles. The van der Waals surface area contributed by atoms with Crippen LogP contribution in [0.1, 0.15) is 47.2 Å². The fourth-order valence-electron chi connectivity index (χ4n) is 4.40. The number of para-hydroxylation sites is 1. The van der Waals surface area contributed by atoms with Crippen LogP contribution in [0.25, 0.3) is 10.9 Å². The second kappa shape index (κ2) is 11.6. The van der Waals surface area contributed by atoms with Crippen molar-refractivity contribution >= 4 is 16.8 Å². The number of hydrogen-bond acceptors (Lipinski definition) is 4. The zero-order valence-electron chi connectivity index (χ0n) is 19.6. The second-order valence-corrected chi connectivity index (χ2v) is 8.89. The van der Waals surface area contributed by atoms with E-state index in [4.69, 9.17) is 4.74 Å². The number of hydrogen-bond donors (Lipinski definition) is 1. The summed E-state index contributed by atoms with van der Waals surface area (Å²) in [6.07, 6.45) is 0.987. The van der Waals surface area contributed by atoms with Gasteiger partial charge >= 0.3 is 6.18 Å². The smallest absolute Gasteiger partial charge is 0.373 e. The molecule has 35 heavy (non-hydrogen) atoms. The second-order valence-electron chi connectivity index (χ2n) is 8.89. The number of likely N-dealkylation sites (tertiary alicyclic amines) is 1. The number of rotatable bonds is 9. The van der Waals surface area contributed by atoms with Crippen molar-refractivity contribution in [3.63, 3.8) is 0 Å². The van der Waals surface area contributed by atoms with Gasteiger partial charge in [0, 0.05) is 31.2 Å². The van der Waals surface area contributed by atoms with Gasteiger partial charge in [0.2, 0.25) is 0 Å². The molecule has 4 rings (SSSR count). The Morgan fingerprint density at radius 2 is 1.86 bits per heavy atom. The number of carbonyl (C=O) groups excluding carboxylic acids is 1. The average molecular weight is 486 g/mol. The van der Waals surface area contributed by atoms with E-state index in [1.807, 2.05) is 24.3 Å². The minimum Gasteiger partial charge on any atom is -0.373 e. The number of pyridine rings is 1. The molecule has 1 N–H and O–H groups in total. The van der Waals surface area contributed by atoms with Gasteiger partial charge in [0.1, 0.15) is 0 Å². The van der Waals surface area contributed by atoms with Gasteiger partial charge in [-0.1, -0.05) is 30.3 Å². The monoisotopic (exact) mass is 485 g/mol. The van der Waals surface area contributed by atoms with Gasteiger partial charge in [-0.3, -0.25) is 9.78 Å². The molecule has 5 nitrogen and oxygen atoms in total. The van der Waals surface area contributed by atoms with Gasteiger partial charge in [0.25, 0.3) is 5.91 Å². The first-order chi connectivity index (χ1) is 16.9. The summed E-state index contributed by atoms with van der Waals surface area (Å²) in [5.41, 5.74) is 1.35. The summed E-state index contributed by atoms with van der Waals surface area (Å²) in [6, 6.07) is 14.7. The molecule has 1 aromatic heterocycles. The Bertz CT molecular complexity index is 1120. The summed E-state index contributed by atoms with van der Waals surface area (Å²) >= 11 is 0. The standard InChI is InChI=1S/C27H30F3N3O2/c28-27(29,30)21-7-5-6-20(18-21)19-35-22-11-16-33(17-12-22)15-4-3-13-32-26(34)24-10-14-31-25-9-2-1-8-23(24)25/h1-2,5-10,14,18,22H,3-4,11-13,15-17,19H2,(H,32,34). The largest absolute Gasteiger partial charge is 0.416 e. The molecule has 0 unspecified atom stereocenters. The van der Waals surface area contributed by atoms with Crippen molar-refractivity contribution in [3.8, 4) is 0 Å². The molecule has 186 valence electrons. The van der Waals surface area contributed by atoms with Gasteiger partial charge in [-0.2, -0.15) is 13.2 Å². The highest BCUT2D eigenvalue weighted by Gasteiger charge is 2.30. The normalized spacial score (nSPS) is 15.4. The van der Waals surface area contributed by atoms with Crippen molar-refractivity contribution < 1.29 is 22.7 Å². The van der Waals surface area contributed by atoms with Crippen LogP contribution in [0, 0.1) is 0 Å². The highest BCUT2D eigenvalue weighted by molar-refractivity contribution is 6.05. The summed E-state index contributed by atoms with van der Waals surface area (Å²) < 4.78 is 44.5. The van der Waals surface area contributed by atoms with E-state index < -0.39 is 11.7 Å². The number of unbranched alkanes of at least 4 members (excludes halogenated alkanes) is 1. The minimum absolute atomic E-state index is 0.0651. The van der Waals surface area contributed by atoms with Crippen LogP contribution in [0.15, 0.2) is 60.8 Å². The van der Waals surface area contributed by atoms with Crippen LogP contribution in [0.5, 0.6) is 0 Å². The van der Waals surface area contributed by atoms with E-state index in [0.29, 0.717) is 17.7 Å². The molecule has 0 radical (unpaired) electrons. The van der Waals surface area contributed by atoms with E-state index in [9.17, 15) is 18.0 Å². The van der Waals surface area contributed by atoms with Crippen molar-refractivity contribution in [1.82, 2.24) is 15.2 Å². The van der Waals surface area contributed by atoms with Crippen LogP contribution in [0.4, 0.5) is 13.2 Å². The fourth-order valence-corrected chi connectivity index (χ4v) is 4.40. The third-order valence-electron chi connectivity index (χ3n) is 6.35. The van der Waals surface area contributed by atoms with Crippen molar-refractivity contribution in [1.29, 1.82) is 0 Å². The molecule has 0 atom stereocenters. The molecular weight excluding hydrogens is 455 g/mol. The summed E-state index contributed by atoms with van der Waals surface area (Å²) in [5.74, 6) is -0.0812. The molecule has 2 heterocycles. The number of halogens is 3. The molecule has 0 saturated carbocycles. The van der Waals surface area contributed by atoms with Gasteiger partial charge in [-0.05, 0) is 62.1 Å². The predicted molar refractivity (Wildman–Crippen MR) is 129 cm³/mol. The SMILES string of the molecule is O=C(NCCCCN1CCC(OCc2cccc(C(F)(F)F)c2)CC1)c1ccnc2ccccc12. The van der Waals surface area contributed by atoms with Gasteiger partial charge in [0.05, 0.1) is 29.4 Å². The average Bonchev–Trinajstić information content (AvgIpc) is 2.87. The maximum atomic E-state index is 12.9. The molecule has 3 aromatic rings. The lowest BCUT2D eigenvalue weighted by atomic mass is 10.1. The van der Waals surface area contributed by atoms with Gasteiger partial charge in [0.15, 0.2) is 0 Å². The topological polar surface area (TPSA) is 54.5 Å². The van der Waals surface area contributed by atoms with Gasteiger partial charge in [-0.15, -0.1) is 0 Å². The van der Waals surface area contributed by atoms with Gasteiger partial charge in [-0.25, -0.2) is 0 Å². The van der Waals surface area contributed by atoms with E-state index in [0.717, 1.165) is 68.4 Å². The summed E-state index contributed by atoms with van der Waals surface area (Å²) in [6.45, 7) is 3.58. The molecule has 2 aromatic carbocycles. The van der Waals surface area contributed by atoms with Crippen LogP contribution in [0.3, 0.4) is 0 Å². The maximum absolute atomic E-state index is 12.9. The number of piperidine rings is 1. The summed E-state index contributed by atoms with van der Waals surface area (Å²) in [4.78, 5) is 19.2. The first-order valence-corrected chi connectivity index (χ1v) is 12.0. The Labute approximate surface area is 203 Å². The number of carbonyl (C=O) groups is 1. The van der Waals surface area contributed by atoms with Crippen LogP contribution in [-0.4, -0.2) is 48.1 Å².